The first kappa shape index (κ1) is 18.8. The lowest BCUT2D eigenvalue weighted by Gasteiger charge is -2.33. The molecule has 0 amide bonds. The van der Waals surface area contributed by atoms with Gasteiger partial charge in [0, 0.05) is 5.41 Å². The van der Waals surface area contributed by atoms with Crippen LogP contribution in [0, 0.1) is 13.8 Å². The highest BCUT2D eigenvalue weighted by Crippen LogP contribution is 2.54. The van der Waals surface area contributed by atoms with Gasteiger partial charge in [-0.2, -0.15) is 0 Å². The maximum Gasteiger partial charge on any atom is 0.0215 e. The Labute approximate surface area is 166 Å². The molecule has 0 heterocycles. The maximum atomic E-state index is 2.52. The number of benzene rings is 2. The third kappa shape index (κ3) is 3.73. The lowest BCUT2D eigenvalue weighted by atomic mass is 9.70. The largest absolute Gasteiger partial charge is 0.0587 e. The van der Waals surface area contributed by atoms with Gasteiger partial charge in [0.25, 0.3) is 0 Å². The highest BCUT2D eigenvalue weighted by molar-refractivity contribution is 5.81. The molecule has 0 heteroatoms. The van der Waals surface area contributed by atoms with E-state index >= 15 is 0 Å². The van der Waals surface area contributed by atoms with Crippen LogP contribution in [0.25, 0.3) is 11.1 Å². The second-order valence-corrected chi connectivity index (χ2v) is 9.22. The fraction of sp³-hybridized carbons (Fsp3) is 0.556. The molecule has 0 unspecified atom stereocenters. The molecule has 2 aromatic carbocycles. The molecular formula is C27H36. The zero-order chi connectivity index (χ0) is 18.7. The monoisotopic (exact) mass is 360 g/mol. The van der Waals surface area contributed by atoms with Gasteiger partial charge in [0.15, 0.2) is 0 Å². The van der Waals surface area contributed by atoms with Gasteiger partial charge in [-0.25, -0.2) is 0 Å². The van der Waals surface area contributed by atoms with Crippen molar-refractivity contribution in [2.24, 2.45) is 0 Å². The standard InChI is InChI=1S/C27H36/c1-21-13-15-23-24-16-14-22(2)20-26(24)27(25(23)19-21)17-11-9-7-5-3-4-6-8-10-12-18-27/h13-16,19-20H,3-12,17-18H2,1-2H3. The van der Waals surface area contributed by atoms with Crippen molar-refractivity contribution in [3.63, 3.8) is 0 Å². The molecule has 144 valence electrons. The summed E-state index contributed by atoms with van der Waals surface area (Å²) in [6.45, 7) is 4.53. The molecule has 0 radical (unpaired) electrons. The van der Waals surface area contributed by atoms with Crippen LogP contribution in [0.2, 0.25) is 0 Å². The van der Waals surface area contributed by atoms with Crippen molar-refractivity contribution in [3.05, 3.63) is 58.7 Å². The molecule has 1 saturated carbocycles. The molecule has 0 N–H and O–H groups in total. The predicted octanol–water partition coefficient (Wildman–Crippen LogP) is 8.26. The van der Waals surface area contributed by atoms with Crippen molar-refractivity contribution in [1.82, 2.24) is 0 Å². The molecule has 1 fully saturated rings. The van der Waals surface area contributed by atoms with E-state index in [1.54, 1.807) is 11.1 Å². The Bertz CT molecular complexity index is 715. The van der Waals surface area contributed by atoms with Crippen molar-refractivity contribution >= 4 is 0 Å². The molecule has 0 bridgehead atoms. The van der Waals surface area contributed by atoms with Crippen molar-refractivity contribution in [1.29, 1.82) is 0 Å². The van der Waals surface area contributed by atoms with E-state index in [9.17, 15) is 0 Å². The molecule has 0 aromatic heterocycles. The molecule has 0 aliphatic heterocycles. The molecule has 2 aliphatic rings. The minimum atomic E-state index is 0.261. The summed E-state index contributed by atoms with van der Waals surface area (Å²) in [6, 6.07) is 14.4. The lowest BCUT2D eigenvalue weighted by molar-refractivity contribution is 0.402. The summed E-state index contributed by atoms with van der Waals surface area (Å²) in [6.07, 6.45) is 16.9. The van der Waals surface area contributed by atoms with Gasteiger partial charge in [0.2, 0.25) is 0 Å². The molecule has 1 spiro atoms. The van der Waals surface area contributed by atoms with Crippen molar-refractivity contribution in [2.75, 3.05) is 0 Å². The number of hydrogen-bond acceptors (Lipinski definition) is 0. The summed E-state index contributed by atoms with van der Waals surface area (Å²) in [5, 5.41) is 0. The summed E-state index contributed by atoms with van der Waals surface area (Å²) in [7, 11) is 0. The van der Waals surface area contributed by atoms with Crippen LogP contribution < -0.4 is 0 Å². The van der Waals surface area contributed by atoms with Crippen LogP contribution >= 0.6 is 0 Å². The first-order valence-corrected chi connectivity index (χ1v) is 11.4. The van der Waals surface area contributed by atoms with Crippen LogP contribution in [0.3, 0.4) is 0 Å². The van der Waals surface area contributed by atoms with Gasteiger partial charge in [-0.15, -0.1) is 0 Å². The summed E-state index contributed by atoms with van der Waals surface area (Å²) < 4.78 is 0. The van der Waals surface area contributed by atoms with Gasteiger partial charge in [0.05, 0.1) is 0 Å². The molecule has 2 aromatic rings. The topological polar surface area (TPSA) is 0 Å². The minimum Gasteiger partial charge on any atom is -0.0587 e. The van der Waals surface area contributed by atoms with Crippen LogP contribution in [0.15, 0.2) is 36.4 Å². The van der Waals surface area contributed by atoms with E-state index in [1.807, 2.05) is 0 Å². The number of aryl methyl sites for hydroxylation is 2. The van der Waals surface area contributed by atoms with E-state index in [4.69, 9.17) is 0 Å². The number of rotatable bonds is 0. The Kier molecular flexibility index (Phi) is 5.71. The van der Waals surface area contributed by atoms with Gasteiger partial charge in [-0.05, 0) is 48.9 Å². The average Bonchev–Trinajstić information content (AvgIpc) is 2.92. The van der Waals surface area contributed by atoms with Gasteiger partial charge in [-0.3, -0.25) is 0 Å². The van der Waals surface area contributed by atoms with E-state index in [1.165, 1.54) is 99.3 Å². The number of hydrogen-bond donors (Lipinski definition) is 0. The van der Waals surface area contributed by atoms with Gasteiger partial charge < -0.3 is 0 Å². The SMILES string of the molecule is Cc1ccc2c(c1)C1(CCCCCCCCCCCC1)c1cc(C)ccc1-2. The zero-order valence-electron chi connectivity index (χ0n) is 17.4. The van der Waals surface area contributed by atoms with Crippen LogP contribution in [-0.2, 0) is 5.41 Å². The Morgan fingerprint density at radius 2 is 0.889 bits per heavy atom. The molecule has 0 atom stereocenters. The van der Waals surface area contributed by atoms with Gasteiger partial charge >= 0.3 is 0 Å². The molecule has 27 heavy (non-hydrogen) atoms. The second-order valence-electron chi connectivity index (χ2n) is 9.22. The predicted molar refractivity (Wildman–Crippen MR) is 118 cm³/mol. The first-order valence-electron chi connectivity index (χ1n) is 11.4. The van der Waals surface area contributed by atoms with Crippen LogP contribution in [0.4, 0.5) is 0 Å². The van der Waals surface area contributed by atoms with Crippen molar-refractivity contribution < 1.29 is 0 Å². The summed E-state index contributed by atoms with van der Waals surface area (Å²) in [5.41, 5.74) is 9.40. The van der Waals surface area contributed by atoms with E-state index in [0.717, 1.165) is 0 Å². The summed E-state index contributed by atoms with van der Waals surface area (Å²) >= 11 is 0. The Morgan fingerprint density at radius 3 is 1.30 bits per heavy atom. The molecule has 0 saturated heterocycles. The molecule has 2 aliphatic carbocycles. The van der Waals surface area contributed by atoms with Gasteiger partial charge in [-0.1, -0.05) is 112 Å². The van der Waals surface area contributed by atoms with Crippen LogP contribution in [-0.4, -0.2) is 0 Å². The number of fused-ring (bicyclic) bond motifs is 5. The van der Waals surface area contributed by atoms with E-state index in [2.05, 4.69) is 50.2 Å². The summed E-state index contributed by atoms with van der Waals surface area (Å²) in [5.74, 6) is 0. The third-order valence-corrected chi connectivity index (χ3v) is 7.13. The fourth-order valence-electron chi connectivity index (χ4n) is 5.65. The highest BCUT2D eigenvalue weighted by Gasteiger charge is 2.42. The smallest absolute Gasteiger partial charge is 0.0215 e. The quantitative estimate of drug-likeness (QED) is 0.443. The summed E-state index contributed by atoms with van der Waals surface area (Å²) in [4.78, 5) is 0. The Balaban J connectivity index is 1.76. The average molecular weight is 361 g/mol. The molecular weight excluding hydrogens is 324 g/mol. The van der Waals surface area contributed by atoms with Crippen molar-refractivity contribution in [3.8, 4) is 11.1 Å². The van der Waals surface area contributed by atoms with E-state index < -0.39 is 0 Å². The van der Waals surface area contributed by atoms with Crippen LogP contribution in [0.1, 0.15) is 99.3 Å². The second kappa shape index (κ2) is 8.21. The normalized spacial score (nSPS) is 20.2. The highest BCUT2D eigenvalue weighted by atomic mass is 14.4. The van der Waals surface area contributed by atoms with E-state index in [-0.39, 0.29) is 5.41 Å². The van der Waals surface area contributed by atoms with Crippen LogP contribution in [0.5, 0.6) is 0 Å². The minimum absolute atomic E-state index is 0.261. The van der Waals surface area contributed by atoms with E-state index in [0.29, 0.717) is 0 Å². The Morgan fingerprint density at radius 1 is 0.519 bits per heavy atom. The molecule has 0 nitrogen and oxygen atoms in total. The van der Waals surface area contributed by atoms with Crippen molar-refractivity contribution in [2.45, 2.75) is 96.3 Å². The maximum absolute atomic E-state index is 2.52. The Hall–Kier alpha value is -1.56. The first-order chi connectivity index (χ1) is 13.2. The third-order valence-electron chi connectivity index (χ3n) is 7.13. The molecule has 4 rings (SSSR count). The zero-order valence-corrected chi connectivity index (χ0v) is 17.4. The fourth-order valence-corrected chi connectivity index (χ4v) is 5.65. The lowest BCUT2D eigenvalue weighted by Crippen LogP contribution is -2.25. The van der Waals surface area contributed by atoms with Gasteiger partial charge in [0.1, 0.15) is 0 Å².